The number of rotatable bonds is 2. The van der Waals surface area contributed by atoms with Crippen molar-refractivity contribution in [3.05, 3.63) is 39.2 Å². The topological polar surface area (TPSA) is 69.0 Å². The highest BCUT2D eigenvalue weighted by Gasteiger charge is 1.97. The SMILES string of the molecule is [N-]=[N+]=NCCC#Cc1cc(Cl)ccc1O. The van der Waals surface area contributed by atoms with E-state index < -0.39 is 0 Å². The zero-order chi connectivity index (χ0) is 11.1. The van der Waals surface area contributed by atoms with E-state index in [1.165, 1.54) is 6.07 Å². The van der Waals surface area contributed by atoms with Gasteiger partial charge in [-0.15, -0.1) is 0 Å². The van der Waals surface area contributed by atoms with Gasteiger partial charge in [-0.2, -0.15) is 0 Å². The fourth-order valence-corrected chi connectivity index (χ4v) is 1.09. The summed E-state index contributed by atoms with van der Waals surface area (Å²) in [6, 6.07) is 4.65. The largest absolute Gasteiger partial charge is 0.507 e. The zero-order valence-corrected chi connectivity index (χ0v) is 8.57. The van der Waals surface area contributed by atoms with E-state index in [2.05, 4.69) is 21.9 Å². The number of nitrogens with zero attached hydrogens (tertiary/aromatic N) is 3. The van der Waals surface area contributed by atoms with Crippen molar-refractivity contribution in [1.82, 2.24) is 0 Å². The van der Waals surface area contributed by atoms with Gasteiger partial charge in [-0.05, 0) is 23.7 Å². The molecule has 0 saturated heterocycles. The summed E-state index contributed by atoms with van der Waals surface area (Å²) in [5, 5.41) is 13.2. The summed E-state index contributed by atoms with van der Waals surface area (Å²) >= 11 is 5.73. The van der Waals surface area contributed by atoms with Crippen LogP contribution in [0.15, 0.2) is 23.3 Å². The average molecular weight is 222 g/mol. The molecule has 0 aromatic heterocycles. The lowest BCUT2D eigenvalue weighted by atomic mass is 10.2. The molecule has 1 aromatic carbocycles. The van der Waals surface area contributed by atoms with Crippen molar-refractivity contribution in [3.63, 3.8) is 0 Å². The molecule has 0 atom stereocenters. The Bertz CT molecular complexity index is 455. The Balaban J connectivity index is 2.70. The van der Waals surface area contributed by atoms with Gasteiger partial charge in [0.25, 0.3) is 0 Å². The number of phenols is 1. The van der Waals surface area contributed by atoms with Crippen LogP contribution < -0.4 is 0 Å². The molecule has 1 aromatic rings. The smallest absolute Gasteiger partial charge is 0.131 e. The second-order valence-corrected chi connectivity index (χ2v) is 3.10. The molecule has 0 saturated carbocycles. The van der Waals surface area contributed by atoms with Crippen molar-refractivity contribution in [1.29, 1.82) is 0 Å². The summed E-state index contributed by atoms with van der Waals surface area (Å²) in [6.45, 7) is 0.324. The van der Waals surface area contributed by atoms with Crippen LogP contribution in [0.25, 0.3) is 10.4 Å². The van der Waals surface area contributed by atoms with Crippen LogP contribution in [0.1, 0.15) is 12.0 Å². The lowest BCUT2D eigenvalue weighted by Crippen LogP contribution is -1.78. The molecule has 0 unspecified atom stereocenters. The maximum Gasteiger partial charge on any atom is 0.131 e. The van der Waals surface area contributed by atoms with Crippen molar-refractivity contribution >= 4 is 11.6 Å². The summed E-state index contributed by atoms with van der Waals surface area (Å²) in [4.78, 5) is 2.60. The van der Waals surface area contributed by atoms with E-state index in [0.717, 1.165) is 0 Å². The molecule has 0 heterocycles. The van der Waals surface area contributed by atoms with Crippen molar-refractivity contribution in [2.75, 3.05) is 6.54 Å². The first-order chi connectivity index (χ1) is 7.24. The predicted octanol–water partition coefficient (Wildman–Crippen LogP) is 3.10. The van der Waals surface area contributed by atoms with E-state index in [1.807, 2.05) is 0 Å². The molecule has 0 aliphatic rings. The average Bonchev–Trinajstić information content (AvgIpc) is 2.23. The number of phenolic OH excluding ortho intramolecular Hbond substituents is 1. The molecule has 0 aliphatic heterocycles. The molecule has 0 bridgehead atoms. The molecule has 0 spiro atoms. The Hall–Kier alpha value is -1.82. The molecule has 0 fully saturated rings. The summed E-state index contributed by atoms with van der Waals surface area (Å²) in [5.41, 5.74) is 8.49. The van der Waals surface area contributed by atoms with Gasteiger partial charge < -0.3 is 5.11 Å². The maximum atomic E-state index is 9.39. The second-order valence-electron chi connectivity index (χ2n) is 2.67. The minimum Gasteiger partial charge on any atom is -0.507 e. The Morgan fingerprint density at radius 1 is 1.53 bits per heavy atom. The Kier molecular flexibility index (Phi) is 4.36. The van der Waals surface area contributed by atoms with E-state index in [9.17, 15) is 5.11 Å². The molecule has 0 aliphatic carbocycles. The Morgan fingerprint density at radius 3 is 3.07 bits per heavy atom. The minimum absolute atomic E-state index is 0.0932. The van der Waals surface area contributed by atoms with E-state index in [-0.39, 0.29) is 5.75 Å². The van der Waals surface area contributed by atoms with Gasteiger partial charge in [0.15, 0.2) is 0 Å². The molecule has 5 heteroatoms. The van der Waals surface area contributed by atoms with Crippen molar-refractivity contribution in [2.45, 2.75) is 6.42 Å². The number of hydrogen-bond acceptors (Lipinski definition) is 2. The third kappa shape index (κ3) is 3.82. The molecular weight excluding hydrogens is 214 g/mol. The zero-order valence-electron chi connectivity index (χ0n) is 7.81. The predicted molar refractivity (Wildman–Crippen MR) is 58.6 cm³/mol. The van der Waals surface area contributed by atoms with Crippen LogP contribution in [-0.4, -0.2) is 11.7 Å². The number of hydrogen-bond donors (Lipinski definition) is 1. The first kappa shape index (κ1) is 11.3. The number of aromatic hydroxyl groups is 1. The van der Waals surface area contributed by atoms with Crippen molar-refractivity contribution < 1.29 is 5.11 Å². The molecule has 4 nitrogen and oxygen atoms in total. The van der Waals surface area contributed by atoms with Gasteiger partial charge >= 0.3 is 0 Å². The van der Waals surface area contributed by atoms with Gasteiger partial charge in [0.1, 0.15) is 5.75 Å². The van der Waals surface area contributed by atoms with Gasteiger partial charge in [-0.1, -0.05) is 28.6 Å². The summed E-state index contributed by atoms with van der Waals surface area (Å²) in [7, 11) is 0. The van der Waals surface area contributed by atoms with Gasteiger partial charge in [0, 0.05) is 22.9 Å². The van der Waals surface area contributed by atoms with Gasteiger partial charge in [-0.25, -0.2) is 0 Å². The first-order valence-electron chi connectivity index (χ1n) is 4.22. The van der Waals surface area contributed by atoms with Crippen LogP contribution in [0.2, 0.25) is 5.02 Å². The summed E-state index contributed by atoms with van der Waals surface area (Å²) in [6.07, 6.45) is 0.454. The van der Waals surface area contributed by atoms with E-state index in [0.29, 0.717) is 23.6 Å². The molecule has 76 valence electrons. The third-order valence-corrected chi connectivity index (χ3v) is 1.82. The van der Waals surface area contributed by atoms with E-state index >= 15 is 0 Å². The van der Waals surface area contributed by atoms with E-state index in [1.54, 1.807) is 12.1 Å². The fourth-order valence-electron chi connectivity index (χ4n) is 0.917. The van der Waals surface area contributed by atoms with Gasteiger partial charge in [0.05, 0.1) is 5.56 Å². The lowest BCUT2D eigenvalue weighted by molar-refractivity contribution is 0.473. The van der Waals surface area contributed by atoms with Crippen LogP contribution in [0.5, 0.6) is 5.75 Å². The highest BCUT2D eigenvalue weighted by molar-refractivity contribution is 6.30. The number of benzene rings is 1. The van der Waals surface area contributed by atoms with Gasteiger partial charge in [-0.3, -0.25) is 0 Å². The standard InChI is InChI=1S/C10H8ClN3O/c11-9-4-5-10(15)8(7-9)3-1-2-6-13-14-12/h4-5,7,15H,2,6H2. The Morgan fingerprint density at radius 2 is 2.33 bits per heavy atom. The van der Waals surface area contributed by atoms with Crippen molar-refractivity contribution in [2.24, 2.45) is 5.11 Å². The number of azide groups is 1. The second kappa shape index (κ2) is 5.82. The fraction of sp³-hybridized carbons (Fsp3) is 0.200. The molecule has 1 rings (SSSR count). The van der Waals surface area contributed by atoms with Crippen LogP contribution >= 0.6 is 11.6 Å². The van der Waals surface area contributed by atoms with Crippen LogP contribution in [-0.2, 0) is 0 Å². The molecular formula is C10H8ClN3O. The summed E-state index contributed by atoms with van der Waals surface area (Å²) in [5.74, 6) is 5.61. The lowest BCUT2D eigenvalue weighted by Gasteiger charge is -1.96. The van der Waals surface area contributed by atoms with Crippen molar-refractivity contribution in [3.8, 4) is 17.6 Å². The monoisotopic (exact) mass is 221 g/mol. The van der Waals surface area contributed by atoms with E-state index in [4.69, 9.17) is 17.1 Å². The highest BCUT2D eigenvalue weighted by Crippen LogP contribution is 2.20. The molecule has 0 amide bonds. The van der Waals surface area contributed by atoms with Crippen LogP contribution in [0, 0.1) is 11.8 Å². The molecule has 15 heavy (non-hydrogen) atoms. The first-order valence-corrected chi connectivity index (χ1v) is 4.60. The van der Waals surface area contributed by atoms with Crippen LogP contribution in [0.3, 0.4) is 0 Å². The normalized spacial score (nSPS) is 8.60. The molecule has 0 radical (unpaired) electrons. The molecule has 1 N–H and O–H groups in total. The Labute approximate surface area is 92.1 Å². The third-order valence-electron chi connectivity index (χ3n) is 1.58. The van der Waals surface area contributed by atoms with Gasteiger partial charge in [0.2, 0.25) is 0 Å². The highest BCUT2D eigenvalue weighted by atomic mass is 35.5. The quantitative estimate of drug-likeness (QED) is 0.269. The van der Waals surface area contributed by atoms with Crippen LogP contribution in [0.4, 0.5) is 0 Å². The summed E-state index contributed by atoms with van der Waals surface area (Å²) < 4.78 is 0. The number of halogens is 1. The maximum absolute atomic E-state index is 9.39. The minimum atomic E-state index is 0.0932.